The summed E-state index contributed by atoms with van der Waals surface area (Å²) in [5, 5.41) is 19.1. The zero-order valence-corrected chi connectivity index (χ0v) is 20.6. The number of fused-ring (bicyclic) bond motifs is 1. The number of amides is 1. The Morgan fingerprint density at radius 3 is 2.63 bits per heavy atom. The van der Waals surface area contributed by atoms with E-state index in [1.807, 2.05) is 13.0 Å². The third-order valence-electron chi connectivity index (χ3n) is 7.80. The average molecular weight is 485 g/mol. The Balaban J connectivity index is 1.25. The van der Waals surface area contributed by atoms with Crippen molar-refractivity contribution >= 4 is 16.8 Å². The molecule has 3 aromatic rings. The van der Waals surface area contributed by atoms with Crippen molar-refractivity contribution in [3.8, 4) is 5.95 Å². The van der Waals surface area contributed by atoms with Crippen molar-refractivity contribution in [3.63, 3.8) is 0 Å². The summed E-state index contributed by atoms with van der Waals surface area (Å²) in [5.41, 5.74) is 1.20. The molecule has 4 heterocycles. The van der Waals surface area contributed by atoms with Crippen molar-refractivity contribution in [3.05, 3.63) is 35.6 Å². The molecule has 0 radical (unpaired) electrons. The van der Waals surface area contributed by atoms with Crippen LogP contribution in [0, 0.1) is 5.82 Å². The fourth-order valence-corrected chi connectivity index (χ4v) is 5.53. The molecule has 2 aliphatic rings. The van der Waals surface area contributed by atoms with Crippen LogP contribution in [-0.4, -0.2) is 78.6 Å². The third-order valence-corrected chi connectivity index (χ3v) is 7.80. The van der Waals surface area contributed by atoms with Gasteiger partial charge in [-0.1, -0.05) is 19.1 Å². The highest BCUT2D eigenvalue weighted by atomic mass is 19.1. The van der Waals surface area contributed by atoms with Gasteiger partial charge < -0.3 is 14.5 Å². The van der Waals surface area contributed by atoms with E-state index < -0.39 is 6.10 Å². The third kappa shape index (κ3) is 4.33. The smallest absolute Gasteiger partial charge is 0.291 e. The molecule has 2 saturated heterocycles. The highest BCUT2D eigenvalue weighted by molar-refractivity contribution is 5.83. The number of para-hydroxylation sites is 1. The Bertz CT molecular complexity index is 1210. The number of halogens is 1. The molecule has 0 saturated carbocycles. The first-order valence-electron chi connectivity index (χ1n) is 12.5. The molecular weight excluding hydrogens is 451 g/mol. The van der Waals surface area contributed by atoms with Crippen molar-refractivity contribution in [1.29, 1.82) is 0 Å². The van der Waals surface area contributed by atoms with E-state index in [1.54, 1.807) is 11.0 Å². The second-order valence-electron chi connectivity index (χ2n) is 10.0. The minimum atomic E-state index is -0.945. The van der Waals surface area contributed by atoms with Crippen LogP contribution in [-0.2, 0) is 11.2 Å². The van der Waals surface area contributed by atoms with Crippen LogP contribution in [0.3, 0.4) is 0 Å². The maximum Gasteiger partial charge on any atom is 0.291 e. The van der Waals surface area contributed by atoms with E-state index >= 15 is 0 Å². The number of aryl methyl sites for hydroxylation is 1. The number of likely N-dealkylation sites (tertiary alicyclic amines) is 2. The van der Waals surface area contributed by atoms with Crippen molar-refractivity contribution in [2.45, 2.75) is 70.4 Å². The van der Waals surface area contributed by atoms with Crippen LogP contribution in [0.2, 0.25) is 0 Å². The highest BCUT2D eigenvalue weighted by Crippen LogP contribution is 2.35. The largest absolute Gasteiger partial charge is 0.384 e. The Kier molecular flexibility index (Phi) is 6.35. The van der Waals surface area contributed by atoms with Crippen LogP contribution >= 0.6 is 0 Å². The predicted molar refractivity (Wildman–Crippen MR) is 128 cm³/mol. The molecule has 2 fully saturated rings. The minimum absolute atomic E-state index is 0.0303. The molecule has 188 valence electrons. The van der Waals surface area contributed by atoms with Gasteiger partial charge in [-0.3, -0.25) is 9.69 Å². The van der Waals surface area contributed by atoms with Crippen LogP contribution in [0.4, 0.5) is 4.39 Å². The number of piperidine rings is 2. The van der Waals surface area contributed by atoms with Gasteiger partial charge in [-0.05, 0) is 70.3 Å². The monoisotopic (exact) mass is 484 g/mol. The van der Waals surface area contributed by atoms with Crippen molar-refractivity contribution in [2.75, 3.05) is 26.2 Å². The molecule has 1 amide bonds. The number of carbonyl (C=O) groups excluding carboxylic acids is 1. The molecule has 0 bridgehead atoms. The summed E-state index contributed by atoms with van der Waals surface area (Å²) in [6.45, 7) is 8.93. The Morgan fingerprint density at radius 1 is 1.26 bits per heavy atom. The van der Waals surface area contributed by atoms with Gasteiger partial charge in [0.15, 0.2) is 0 Å². The molecule has 10 heteroatoms. The summed E-state index contributed by atoms with van der Waals surface area (Å²) in [4.78, 5) is 21.0. The summed E-state index contributed by atoms with van der Waals surface area (Å²) in [5.74, 6) is 0.433. The SMILES string of the molecule is CCc1nn(-c2noc(C3CCN(C4(C)CCN(C(=O)[C@H](C)O)CC4)CC3)n2)c2c(F)cccc12. The van der Waals surface area contributed by atoms with Gasteiger partial charge in [-0.15, -0.1) is 0 Å². The second-order valence-corrected chi connectivity index (χ2v) is 10.0. The van der Waals surface area contributed by atoms with Crippen molar-refractivity contribution in [2.24, 2.45) is 0 Å². The standard InChI is InChI=1S/C25H33FN6O3/c1-4-20-18-6-5-7-19(26)21(18)32(28-20)24-27-22(35-29-24)17-8-12-31(13-9-17)25(3)10-14-30(15-11-25)23(34)16(2)33/h5-7,16-17,33H,4,8-15H2,1-3H3/t16-/m0/s1. The number of hydrogen-bond acceptors (Lipinski definition) is 7. The zero-order valence-electron chi connectivity index (χ0n) is 20.6. The molecule has 0 unspecified atom stereocenters. The molecule has 1 aromatic carbocycles. The van der Waals surface area contributed by atoms with Gasteiger partial charge in [0.1, 0.15) is 17.4 Å². The lowest BCUT2D eigenvalue weighted by Crippen LogP contribution is -2.57. The van der Waals surface area contributed by atoms with Crippen LogP contribution < -0.4 is 0 Å². The number of aromatic nitrogens is 4. The normalized spacial score (nSPS) is 20.4. The summed E-state index contributed by atoms with van der Waals surface area (Å²) in [6.07, 6.45) is 3.29. The van der Waals surface area contributed by atoms with Gasteiger partial charge in [-0.2, -0.15) is 14.8 Å². The molecule has 35 heavy (non-hydrogen) atoms. The van der Waals surface area contributed by atoms with E-state index in [4.69, 9.17) is 4.52 Å². The van der Waals surface area contributed by atoms with E-state index in [2.05, 4.69) is 27.1 Å². The van der Waals surface area contributed by atoms with E-state index in [0.29, 0.717) is 30.9 Å². The van der Waals surface area contributed by atoms with Gasteiger partial charge in [0.2, 0.25) is 5.89 Å². The van der Waals surface area contributed by atoms with E-state index in [-0.39, 0.29) is 29.1 Å². The van der Waals surface area contributed by atoms with Crippen LogP contribution in [0.15, 0.2) is 22.7 Å². The molecule has 2 aromatic heterocycles. The maximum absolute atomic E-state index is 14.6. The number of aliphatic hydroxyl groups excluding tert-OH is 1. The molecule has 1 N–H and O–H groups in total. The molecule has 0 aliphatic carbocycles. The van der Waals surface area contributed by atoms with Gasteiger partial charge in [0.25, 0.3) is 11.9 Å². The molecule has 2 aliphatic heterocycles. The quantitative estimate of drug-likeness (QED) is 0.594. The van der Waals surface area contributed by atoms with E-state index in [0.717, 1.165) is 49.9 Å². The van der Waals surface area contributed by atoms with Gasteiger partial charge in [-0.25, -0.2) is 4.39 Å². The molecule has 9 nitrogen and oxygen atoms in total. The number of hydrogen-bond donors (Lipinski definition) is 1. The zero-order chi connectivity index (χ0) is 24.7. The Morgan fingerprint density at radius 2 is 1.97 bits per heavy atom. The molecule has 0 spiro atoms. The number of nitrogens with zero attached hydrogens (tertiary/aromatic N) is 6. The van der Waals surface area contributed by atoms with Gasteiger partial charge >= 0.3 is 0 Å². The summed E-state index contributed by atoms with van der Waals surface area (Å²) >= 11 is 0. The van der Waals surface area contributed by atoms with Crippen LogP contribution in [0.1, 0.15) is 64.0 Å². The van der Waals surface area contributed by atoms with Gasteiger partial charge in [0, 0.05) is 29.9 Å². The Labute approximate surface area is 203 Å². The number of rotatable bonds is 5. The van der Waals surface area contributed by atoms with Crippen LogP contribution in [0.25, 0.3) is 16.9 Å². The summed E-state index contributed by atoms with van der Waals surface area (Å²) in [6, 6.07) is 4.97. The summed E-state index contributed by atoms with van der Waals surface area (Å²) in [7, 11) is 0. The lowest BCUT2D eigenvalue weighted by atomic mass is 9.84. The molecule has 5 rings (SSSR count). The highest BCUT2D eigenvalue weighted by Gasteiger charge is 2.39. The lowest BCUT2D eigenvalue weighted by Gasteiger charge is -2.49. The van der Waals surface area contributed by atoms with Crippen LogP contribution in [0.5, 0.6) is 0 Å². The molecular formula is C25H33FN6O3. The van der Waals surface area contributed by atoms with Crippen molar-refractivity contribution < 1.29 is 18.8 Å². The average Bonchev–Trinajstić information content (AvgIpc) is 3.50. The second kappa shape index (κ2) is 9.31. The number of aliphatic hydroxyl groups is 1. The predicted octanol–water partition coefficient (Wildman–Crippen LogP) is 3.05. The first-order chi connectivity index (χ1) is 16.8. The lowest BCUT2D eigenvalue weighted by molar-refractivity contribution is -0.142. The fraction of sp³-hybridized carbons (Fsp3) is 0.600. The molecule has 1 atom stereocenters. The van der Waals surface area contributed by atoms with Crippen molar-refractivity contribution in [1.82, 2.24) is 29.7 Å². The first kappa shape index (κ1) is 23.9. The van der Waals surface area contributed by atoms with E-state index in [9.17, 15) is 14.3 Å². The Hall–Kier alpha value is -2.85. The first-order valence-corrected chi connectivity index (χ1v) is 12.5. The summed E-state index contributed by atoms with van der Waals surface area (Å²) < 4.78 is 21.7. The minimum Gasteiger partial charge on any atom is -0.384 e. The van der Waals surface area contributed by atoms with E-state index in [1.165, 1.54) is 17.7 Å². The number of benzene rings is 1. The topological polar surface area (TPSA) is 101 Å². The fourth-order valence-electron chi connectivity index (χ4n) is 5.53. The van der Waals surface area contributed by atoms with Gasteiger partial charge in [0.05, 0.1) is 5.69 Å². The number of carbonyl (C=O) groups is 1. The maximum atomic E-state index is 14.6.